The SMILES string of the molecule is CC1(C(O)c2cc(Cl)cc3cn[nH]c23)CCCC1. The minimum Gasteiger partial charge on any atom is -0.388 e. The number of rotatable bonds is 2. The van der Waals surface area contributed by atoms with Crippen LogP contribution < -0.4 is 0 Å². The van der Waals surface area contributed by atoms with Gasteiger partial charge >= 0.3 is 0 Å². The van der Waals surface area contributed by atoms with Gasteiger partial charge in [0, 0.05) is 16.0 Å². The van der Waals surface area contributed by atoms with Crippen LogP contribution in [0.25, 0.3) is 10.9 Å². The molecule has 1 saturated carbocycles. The van der Waals surface area contributed by atoms with Gasteiger partial charge < -0.3 is 5.11 Å². The summed E-state index contributed by atoms with van der Waals surface area (Å²) in [6.07, 6.45) is 5.78. The summed E-state index contributed by atoms with van der Waals surface area (Å²) < 4.78 is 0. The van der Waals surface area contributed by atoms with Crippen LogP contribution in [0.2, 0.25) is 5.02 Å². The van der Waals surface area contributed by atoms with Crippen molar-refractivity contribution in [1.82, 2.24) is 10.2 Å². The summed E-state index contributed by atoms with van der Waals surface area (Å²) in [7, 11) is 0. The minimum atomic E-state index is -0.485. The predicted octanol–water partition coefficient (Wildman–Crippen LogP) is 3.83. The van der Waals surface area contributed by atoms with Crippen molar-refractivity contribution in [2.24, 2.45) is 5.41 Å². The van der Waals surface area contributed by atoms with E-state index in [1.54, 1.807) is 6.20 Å². The number of nitrogens with zero attached hydrogens (tertiary/aromatic N) is 1. The van der Waals surface area contributed by atoms with Crippen molar-refractivity contribution >= 4 is 22.5 Å². The number of aliphatic hydroxyl groups excluding tert-OH is 1. The second kappa shape index (κ2) is 4.25. The molecule has 2 aromatic rings. The second-order valence-electron chi connectivity index (χ2n) is 5.59. The third kappa shape index (κ3) is 1.82. The van der Waals surface area contributed by atoms with E-state index in [0.717, 1.165) is 29.3 Å². The fraction of sp³-hybridized carbons (Fsp3) is 0.500. The number of fused-ring (bicyclic) bond motifs is 1. The lowest BCUT2D eigenvalue weighted by Crippen LogP contribution is -2.22. The van der Waals surface area contributed by atoms with E-state index in [4.69, 9.17) is 11.6 Å². The first-order valence-corrected chi connectivity index (χ1v) is 6.78. The average Bonchev–Trinajstić information content (AvgIpc) is 2.96. The number of aromatic nitrogens is 2. The van der Waals surface area contributed by atoms with Gasteiger partial charge in [-0.3, -0.25) is 5.10 Å². The third-order valence-corrected chi connectivity index (χ3v) is 4.46. The zero-order valence-electron chi connectivity index (χ0n) is 10.4. The zero-order chi connectivity index (χ0) is 12.8. The first-order chi connectivity index (χ1) is 8.60. The molecule has 1 fully saturated rings. The summed E-state index contributed by atoms with van der Waals surface area (Å²) >= 11 is 6.12. The number of nitrogens with one attached hydrogen (secondary N) is 1. The lowest BCUT2D eigenvalue weighted by atomic mass is 9.79. The maximum absolute atomic E-state index is 10.7. The molecule has 1 aliphatic carbocycles. The van der Waals surface area contributed by atoms with Gasteiger partial charge in [-0.05, 0) is 30.4 Å². The van der Waals surface area contributed by atoms with Crippen LogP contribution in [0.1, 0.15) is 44.3 Å². The highest BCUT2D eigenvalue weighted by atomic mass is 35.5. The van der Waals surface area contributed by atoms with E-state index in [1.165, 1.54) is 12.8 Å². The molecule has 4 heteroatoms. The standard InChI is InChI=1S/C14H17ClN2O/c1-14(4-2-3-5-14)13(18)11-7-10(15)6-9-8-16-17-12(9)11/h6-8,13,18H,2-5H2,1H3,(H,16,17). The maximum atomic E-state index is 10.7. The quantitative estimate of drug-likeness (QED) is 0.866. The van der Waals surface area contributed by atoms with Gasteiger partial charge in [0.25, 0.3) is 0 Å². The second-order valence-corrected chi connectivity index (χ2v) is 6.03. The van der Waals surface area contributed by atoms with Gasteiger partial charge in [0.1, 0.15) is 0 Å². The van der Waals surface area contributed by atoms with Crippen LogP contribution in [0, 0.1) is 5.41 Å². The molecule has 3 nitrogen and oxygen atoms in total. The predicted molar refractivity (Wildman–Crippen MR) is 72.6 cm³/mol. The van der Waals surface area contributed by atoms with E-state index >= 15 is 0 Å². The lowest BCUT2D eigenvalue weighted by molar-refractivity contribution is 0.0418. The van der Waals surface area contributed by atoms with Gasteiger partial charge in [-0.1, -0.05) is 31.4 Å². The molecule has 1 aliphatic rings. The van der Waals surface area contributed by atoms with Crippen LogP contribution >= 0.6 is 11.6 Å². The summed E-state index contributed by atoms with van der Waals surface area (Å²) in [6.45, 7) is 2.16. The highest BCUT2D eigenvalue weighted by Crippen LogP contribution is 2.48. The molecule has 1 aromatic carbocycles. The molecule has 0 radical (unpaired) electrons. The molecule has 0 amide bonds. The zero-order valence-corrected chi connectivity index (χ0v) is 11.2. The van der Waals surface area contributed by atoms with Crippen molar-refractivity contribution in [1.29, 1.82) is 0 Å². The van der Waals surface area contributed by atoms with E-state index < -0.39 is 6.10 Å². The van der Waals surface area contributed by atoms with Crippen LogP contribution in [0.4, 0.5) is 0 Å². The van der Waals surface area contributed by atoms with Crippen LogP contribution in [0.5, 0.6) is 0 Å². The third-order valence-electron chi connectivity index (χ3n) is 4.24. The molecule has 18 heavy (non-hydrogen) atoms. The van der Waals surface area contributed by atoms with Gasteiger partial charge in [0.15, 0.2) is 0 Å². The molecule has 0 bridgehead atoms. The lowest BCUT2D eigenvalue weighted by Gasteiger charge is -2.30. The topological polar surface area (TPSA) is 48.9 Å². The van der Waals surface area contributed by atoms with Crippen molar-refractivity contribution in [3.63, 3.8) is 0 Å². The monoisotopic (exact) mass is 264 g/mol. The minimum absolute atomic E-state index is 0.0390. The molecule has 0 spiro atoms. The van der Waals surface area contributed by atoms with Crippen LogP contribution in [0.15, 0.2) is 18.3 Å². The Bertz CT molecular complexity index is 572. The number of aromatic amines is 1. The molecular formula is C14H17ClN2O. The first-order valence-electron chi connectivity index (χ1n) is 6.41. The molecule has 0 saturated heterocycles. The van der Waals surface area contributed by atoms with Crippen molar-refractivity contribution in [2.45, 2.75) is 38.7 Å². The van der Waals surface area contributed by atoms with Gasteiger partial charge in [0.05, 0.1) is 17.8 Å². The summed E-state index contributed by atoms with van der Waals surface area (Å²) in [5.41, 5.74) is 1.74. The Morgan fingerprint density at radius 2 is 2.11 bits per heavy atom. The molecule has 1 atom stereocenters. The van der Waals surface area contributed by atoms with Gasteiger partial charge in [0.2, 0.25) is 0 Å². The number of halogens is 1. The fourth-order valence-corrected chi connectivity index (χ4v) is 3.33. The van der Waals surface area contributed by atoms with Gasteiger partial charge in [-0.15, -0.1) is 0 Å². The maximum Gasteiger partial charge on any atom is 0.0864 e. The van der Waals surface area contributed by atoms with Crippen molar-refractivity contribution in [2.75, 3.05) is 0 Å². The fourth-order valence-electron chi connectivity index (χ4n) is 3.09. The Kier molecular flexibility index (Phi) is 2.83. The summed E-state index contributed by atoms with van der Waals surface area (Å²) in [5.74, 6) is 0. The highest BCUT2D eigenvalue weighted by Gasteiger charge is 2.37. The van der Waals surface area contributed by atoms with Gasteiger partial charge in [-0.25, -0.2) is 0 Å². The molecule has 2 N–H and O–H groups in total. The number of benzene rings is 1. The molecule has 0 aliphatic heterocycles. The molecule has 1 unspecified atom stereocenters. The number of H-pyrrole nitrogens is 1. The molecule has 3 rings (SSSR count). The molecule has 96 valence electrons. The van der Waals surface area contributed by atoms with Crippen LogP contribution in [-0.2, 0) is 0 Å². The number of aliphatic hydroxyl groups is 1. The van der Waals surface area contributed by atoms with E-state index in [-0.39, 0.29) is 5.41 Å². The largest absolute Gasteiger partial charge is 0.388 e. The highest BCUT2D eigenvalue weighted by molar-refractivity contribution is 6.31. The molecule has 1 heterocycles. The van der Waals surface area contributed by atoms with E-state index in [2.05, 4.69) is 17.1 Å². The summed E-state index contributed by atoms with van der Waals surface area (Å²) in [4.78, 5) is 0. The van der Waals surface area contributed by atoms with E-state index in [0.29, 0.717) is 5.02 Å². The van der Waals surface area contributed by atoms with Gasteiger partial charge in [-0.2, -0.15) is 5.10 Å². The molecule has 1 aromatic heterocycles. The Labute approximate surface area is 111 Å². The Balaban J connectivity index is 2.10. The smallest absolute Gasteiger partial charge is 0.0864 e. The Morgan fingerprint density at radius 3 is 2.83 bits per heavy atom. The van der Waals surface area contributed by atoms with Crippen LogP contribution in [0.3, 0.4) is 0 Å². The van der Waals surface area contributed by atoms with Crippen molar-refractivity contribution in [3.8, 4) is 0 Å². The summed E-state index contributed by atoms with van der Waals surface area (Å²) in [5, 5.41) is 19.3. The number of hydrogen-bond donors (Lipinski definition) is 2. The van der Waals surface area contributed by atoms with E-state index in [1.807, 2.05) is 12.1 Å². The Morgan fingerprint density at radius 1 is 1.39 bits per heavy atom. The molecular weight excluding hydrogens is 248 g/mol. The number of hydrogen-bond acceptors (Lipinski definition) is 2. The van der Waals surface area contributed by atoms with Crippen molar-refractivity contribution < 1.29 is 5.11 Å². The van der Waals surface area contributed by atoms with E-state index in [9.17, 15) is 5.11 Å². The average molecular weight is 265 g/mol. The van der Waals surface area contributed by atoms with Crippen LogP contribution in [-0.4, -0.2) is 15.3 Å². The first kappa shape index (κ1) is 12.0. The normalized spacial score (nSPS) is 20.4. The van der Waals surface area contributed by atoms with Crippen molar-refractivity contribution in [3.05, 3.63) is 28.9 Å². The Hall–Kier alpha value is -1.06. The summed E-state index contributed by atoms with van der Waals surface area (Å²) in [6, 6.07) is 3.73.